The Morgan fingerprint density at radius 2 is 1.90 bits per heavy atom. The number of aromatic nitrogens is 2. The first-order chi connectivity index (χ1) is 14.3. The predicted molar refractivity (Wildman–Crippen MR) is 115 cm³/mol. The fourth-order valence-electron chi connectivity index (χ4n) is 3.72. The molecule has 3 aromatic rings. The van der Waals surface area contributed by atoms with Crippen LogP contribution < -0.4 is 5.32 Å². The van der Waals surface area contributed by atoms with E-state index in [0.29, 0.717) is 28.4 Å². The van der Waals surface area contributed by atoms with Crippen molar-refractivity contribution < 1.29 is 14.3 Å². The van der Waals surface area contributed by atoms with E-state index in [1.165, 1.54) is 12.1 Å². The summed E-state index contributed by atoms with van der Waals surface area (Å²) in [6.07, 6.45) is 3.84. The van der Waals surface area contributed by atoms with Gasteiger partial charge in [0.05, 0.1) is 29.6 Å². The Hall–Kier alpha value is -2.99. The molecule has 2 N–H and O–H groups in total. The molecule has 1 amide bonds. The summed E-state index contributed by atoms with van der Waals surface area (Å²) < 4.78 is 15.2. The molecule has 5 nitrogen and oxygen atoms in total. The maximum atomic E-state index is 13.5. The van der Waals surface area contributed by atoms with Gasteiger partial charge in [-0.1, -0.05) is 6.07 Å². The molecule has 0 atom stereocenters. The van der Waals surface area contributed by atoms with Gasteiger partial charge in [0, 0.05) is 11.3 Å². The molecule has 156 valence electrons. The van der Waals surface area contributed by atoms with Crippen molar-refractivity contribution in [2.45, 2.75) is 51.7 Å². The maximum absolute atomic E-state index is 13.5. The van der Waals surface area contributed by atoms with E-state index in [-0.39, 0.29) is 23.9 Å². The minimum absolute atomic E-state index is 0.0572. The number of hydrogen-bond acceptors (Lipinski definition) is 3. The SMILES string of the molecule is CC(C)(C)n1ncc(C(=O)Nc2ccc(C3CC3)c(CO)c2)c1-c1ccc(F)cc1. The van der Waals surface area contributed by atoms with Crippen molar-refractivity contribution in [3.05, 3.63) is 71.2 Å². The first-order valence-corrected chi connectivity index (χ1v) is 10.2. The third kappa shape index (κ3) is 4.00. The van der Waals surface area contributed by atoms with Crippen molar-refractivity contribution in [1.82, 2.24) is 9.78 Å². The van der Waals surface area contributed by atoms with Gasteiger partial charge >= 0.3 is 0 Å². The smallest absolute Gasteiger partial charge is 0.259 e. The van der Waals surface area contributed by atoms with Gasteiger partial charge in [-0.05, 0) is 87.1 Å². The number of nitrogens with one attached hydrogen (secondary N) is 1. The molecule has 0 saturated heterocycles. The Bertz CT molecular complexity index is 1080. The second kappa shape index (κ2) is 7.69. The van der Waals surface area contributed by atoms with Crippen molar-refractivity contribution in [1.29, 1.82) is 0 Å². The van der Waals surface area contributed by atoms with Gasteiger partial charge in [0.1, 0.15) is 5.82 Å². The summed E-state index contributed by atoms with van der Waals surface area (Å²) in [5.41, 5.74) is 4.03. The average Bonchev–Trinajstić information content (AvgIpc) is 3.44. The van der Waals surface area contributed by atoms with E-state index < -0.39 is 0 Å². The van der Waals surface area contributed by atoms with Gasteiger partial charge < -0.3 is 10.4 Å². The van der Waals surface area contributed by atoms with Gasteiger partial charge in [-0.3, -0.25) is 9.48 Å². The molecule has 1 aromatic heterocycles. The maximum Gasteiger partial charge on any atom is 0.259 e. The lowest BCUT2D eigenvalue weighted by Gasteiger charge is -2.23. The molecule has 1 saturated carbocycles. The molecule has 1 aliphatic rings. The Labute approximate surface area is 175 Å². The van der Waals surface area contributed by atoms with Gasteiger partial charge in [-0.15, -0.1) is 0 Å². The summed E-state index contributed by atoms with van der Waals surface area (Å²) in [5.74, 6) is -0.112. The topological polar surface area (TPSA) is 67.2 Å². The molecule has 1 aliphatic carbocycles. The fourth-order valence-corrected chi connectivity index (χ4v) is 3.72. The number of carbonyl (C=O) groups excluding carboxylic acids is 1. The molecule has 2 aromatic carbocycles. The standard InChI is InChI=1S/C24H26FN3O2/c1-24(2,3)28-22(16-6-8-18(25)9-7-16)21(13-26-28)23(30)27-19-10-11-20(15-4-5-15)17(12-19)14-29/h6-13,15,29H,4-5,14H2,1-3H3,(H,27,30). The van der Waals surface area contributed by atoms with Crippen LogP contribution >= 0.6 is 0 Å². The monoisotopic (exact) mass is 407 g/mol. The molecular formula is C24H26FN3O2. The molecule has 30 heavy (non-hydrogen) atoms. The third-order valence-electron chi connectivity index (χ3n) is 5.36. The average molecular weight is 407 g/mol. The number of carbonyl (C=O) groups is 1. The van der Waals surface area contributed by atoms with E-state index in [4.69, 9.17) is 0 Å². The van der Waals surface area contributed by atoms with E-state index in [2.05, 4.69) is 10.4 Å². The van der Waals surface area contributed by atoms with E-state index in [1.54, 1.807) is 23.0 Å². The molecule has 0 bridgehead atoms. The predicted octanol–water partition coefficient (Wildman–Crippen LogP) is 5.07. The second-order valence-electron chi connectivity index (χ2n) is 8.80. The molecule has 1 fully saturated rings. The van der Waals surface area contributed by atoms with Gasteiger partial charge in [-0.2, -0.15) is 5.10 Å². The minimum Gasteiger partial charge on any atom is -0.392 e. The normalized spacial score (nSPS) is 14.0. The zero-order valence-corrected chi connectivity index (χ0v) is 17.4. The van der Waals surface area contributed by atoms with Crippen LogP contribution in [0.4, 0.5) is 10.1 Å². The number of benzene rings is 2. The van der Waals surface area contributed by atoms with Crippen LogP contribution in [-0.4, -0.2) is 20.8 Å². The highest BCUT2D eigenvalue weighted by atomic mass is 19.1. The second-order valence-corrected chi connectivity index (χ2v) is 8.80. The summed E-state index contributed by atoms with van der Waals surface area (Å²) in [6.45, 7) is 5.94. The first-order valence-electron chi connectivity index (χ1n) is 10.2. The van der Waals surface area contributed by atoms with Gasteiger partial charge in [0.15, 0.2) is 0 Å². The minimum atomic E-state index is -0.363. The van der Waals surface area contributed by atoms with Crippen LogP contribution in [0.2, 0.25) is 0 Å². The Morgan fingerprint density at radius 1 is 1.20 bits per heavy atom. The highest BCUT2D eigenvalue weighted by molar-refractivity contribution is 6.08. The van der Waals surface area contributed by atoms with Crippen molar-refractivity contribution in [3.8, 4) is 11.3 Å². The highest BCUT2D eigenvalue weighted by Crippen LogP contribution is 2.42. The summed E-state index contributed by atoms with van der Waals surface area (Å²) >= 11 is 0. The van der Waals surface area contributed by atoms with Crippen molar-refractivity contribution in [3.63, 3.8) is 0 Å². The number of hydrogen-bond donors (Lipinski definition) is 2. The van der Waals surface area contributed by atoms with Crippen LogP contribution in [0.5, 0.6) is 0 Å². The van der Waals surface area contributed by atoms with E-state index in [9.17, 15) is 14.3 Å². The lowest BCUT2D eigenvalue weighted by molar-refractivity contribution is 0.102. The lowest BCUT2D eigenvalue weighted by atomic mass is 10.0. The molecule has 0 aliphatic heterocycles. The van der Waals surface area contributed by atoms with Crippen molar-refractivity contribution in [2.75, 3.05) is 5.32 Å². The zero-order chi connectivity index (χ0) is 21.5. The van der Waals surface area contributed by atoms with E-state index in [0.717, 1.165) is 24.0 Å². The fraction of sp³-hybridized carbons (Fsp3) is 0.333. The largest absolute Gasteiger partial charge is 0.392 e. The summed E-state index contributed by atoms with van der Waals surface area (Å²) in [6, 6.07) is 11.7. The third-order valence-corrected chi connectivity index (χ3v) is 5.36. The van der Waals surface area contributed by atoms with Gasteiger partial charge in [0.25, 0.3) is 5.91 Å². The van der Waals surface area contributed by atoms with E-state index >= 15 is 0 Å². The van der Waals surface area contributed by atoms with Crippen molar-refractivity contribution >= 4 is 11.6 Å². The van der Waals surface area contributed by atoms with Crippen LogP contribution in [0.1, 0.15) is 61.0 Å². The number of rotatable bonds is 5. The summed E-state index contributed by atoms with van der Waals surface area (Å²) in [7, 11) is 0. The molecule has 1 heterocycles. The molecule has 0 radical (unpaired) electrons. The molecular weight excluding hydrogens is 381 g/mol. The number of anilines is 1. The molecule has 0 spiro atoms. The quantitative estimate of drug-likeness (QED) is 0.621. The Morgan fingerprint density at radius 3 is 2.50 bits per heavy atom. The molecule has 0 unspecified atom stereocenters. The first kappa shape index (κ1) is 20.3. The number of amides is 1. The van der Waals surface area contributed by atoms with Gasteiger partial charge in [-0.25, -0.2) is 4.39 Å². The molecule has 6 heteroatoms. The number of aliphatic hydroxyl groups is 1. The van der Waals surface area contributed by atoms with Crippen LogP contribution in [-0.2, 0) is 12.1 Å². The lowest BCUT2D eigenvalue weighted by Crippen LogP contribution is -2.24. The Kier molecular flexibility index (Phi) is 5.20. The van der Waals surface area contributed by atoms with Crippen LogP contribution in [0.15, 0.2) is 48.7 Å². The van der Waals surface area contributed by atoms with Crippen LogP contribution in [0.3, 0.4) is 0 Å². The number of aliphatic hydroxyl groups excluding tert-OH is 1. The molecule has 4 rings (SSSR count). The van der Waals surface area contributed by atoms with E-state index in [1.807, 2.05) is 39.0 Å². The zero-order valence-electron chi connectivity index (χ0n) is 17.4. The van der Waals surface area contributed by atoms with Crippen molar-refractivity contribution in [2.24, 2.45) is 0 Å². The van der Waals surface area contributed by atoms with Crippen LogP contribution in [0, 0.1) is 5.82 Å². The Balaban J connectivity index is 1.69. The summed E-state index contributed by atoms with van der Waals surface area (Å²) in [5, 5.41) is 17.1. The highest BCUT2D eigenvalue weighted by Gasteiger charge is 2.27. The number of nitrogens with zero attached hydrogens (tertiary/aromatic N) is 2. The summed E-state index contributed by atoms with van der Waals surface area (Å²) in [4.78, 5) is 13.1. The van der Waals surface area contributed by atoms with Crippen LogP contribution in [0.25, 0.3) is 11.3 Å². The number of halogens is 1. The van der Waals surface area contributed by atoms with Gasteiger partial charge in [0.2, 0.25) is 0 Å².